The minimum atomic E-state index is 0.492. The van der Waals surface area contributed by atoms with Crippen molar-refractivity contribution in [1.29, 1.82) is 0 Å². The molecule has 0 bridgehead atoms. The van der Waals surface area contributed by atoms with Gasteiger partial charge in [-0.2, -0.15) is 0 Å². The van der Waals surface area contributed by atoms with Crippen LogP contribution in [-0.2, 0) is 0 Å². The second-order valence-electron chi connectivity index (χ2n) is 3.62. The van der Waals surface area contributed by atoms with Crippen LogP contribution in [0.15, 0.2) is 12.3 Å². The van der Waals surface area contributed by atoms with Gasteiger partial charge >= 0.3 is 0 Å². The highest BCUT2D eigenvalue weighted by Crippen LogP contribution is 2.23. The van der Waals surface area contributed by atoms with E-state index in [1.165, 1.54) is 18.4 Å². The molecule has 3 N–H and O–H groups in total. The Bertz CT molecular complexity index is 303. The molecule has 2 heterocycles. The fourth-order valence-corrected chi connectivity index (χ4v) is 1.77. The van der Waals surface area contributed by atoms with Crippen molar-refractivity contribution in [2.45, 2.75) is 25.8 Å². The topological polar surface area (TPSA) is 50.9 Å². The van der Waals surface area contributed by atoms with Crippen molar-refractivity contribution < 1.29 is 0 Å². The molecule has 3 nitrogen and oxygen atoms in total. The third-order valence-electron chi connectivity index (χ3n) is 2.60. The van der Waals surface area contributed by atoms with Crippen molar-refractivity contribution in [3.63, 3.8) is 0 Å². The predicted molar refractivity (Wildman–Crippen MR) is 53.4 cm³/mol. The Balaban J connectivity index is 2.25. The Labute approximate surface area is 78.4 Å². The van der Waals surface area contributed by atoms with Crippen molar-refractivity contribution in [3.8, 4) is 0 Å². The molecule has 1 aliphatic rings. The van der Waals surface area contributed by atoms with E-state index in [0.29, 0.717) is 11.9 Å². The molecule has 13 heavy (non-hydrogen) atoms. The number of nitrogens with one attached hydrogen (secondary N) is 1. The molecule has 1 unspecified atom stereocenters. The maximum atomic E-state index is 5.66. The molecule has 1 saturated heterocycles. The molecule has 1 atom stereocenters. The predicted octanol–water partition coefficient (Wildman–Crippen LogP) is 1.40. The van der Waals surface area contributed by atoms with Gasteiger partial charge in [0.25, 0.3) is 0 Å². The number of nitrogen functional groups attached to an aromatic ring is 1. The lowest BCUT2D eigenvalue weighted by atomic mass is 10.1. The summed E-state index contributed by atoms with van der Waals surface area (Å²) in [5.74, 6) is 0.641. The molecule has 3 heteroatoms. The van der Waals surface area contributed by atoms with Crippen LogP contribution in [0.4, 0.5) is 5.82 Å². The van der Waals surface area contributed by atoms with Gasteiger partial charge in [-0.3, -0.25) is 0 Å². The van der Waals surface area contributed by atoms with Crippen LogP contribution in [-0.4, -0.2) is 11.5 Å². The first kappa shape index (κ1) is 8.51. The summed E-state index contributed by atoms with van der Waals surface area (Å²) in [6.07, 6.45) is 4.35. The van der Waals surface area contributed by atoms with Crippen LogP contribution in [0.3, 0.4) is 0 Å². The molecule has 0 radical (unpaired) electrons. The van der Waals surface area contributed by atoms with E-state index in [-0.39, 0.29) is 0 Å². The molecule has 1 aliphatic heterocycles. The molecule has 0 aromatic carbocycles. The zero-order valence-electron chi connectivity index (χ0n) is 7.88. The number of aromatic nitrogens is 1. The van der Waals surface area contributed by atoms with Crippen molar-refractivity contribution in [1.82, 2.24) is 10.3 Å². The van der Waals surface area contributed by atoms with Crippen LogP contribution in [0, 0.1) is 6.92 Å². The first-order chi connectivity index (χ1) is 6.27. The highest BCUT2D eigenvalue weighted by atomic mass is 14.9. The molecule has 0 amide bonds. The van der Waals surface area contributed by atoms with Gasteiger partial charge in [-0.1, -0.05) is 0 Å². The molecule has 1 aromatic rings. The van der Waals surface area contributed by atoms with E-state index in [4.69, 9.17) is 5.73 Å². The molecule has 70 valence electrons. The van der Waals surface area contributed by atoms with Crippen molar-refractivity contribution in [3.05, 3.63) is 23.4 Å². The Hall–Kier alpha value is -1.09. The molecule has 0 aliphatic carbocycles. The first-order valence-electron chi connectivity index (χ1n) is 4.73. The SMILES string of the molecule is Cc1cc(C2CCCN2)cnc1N. The van der Waals surface area contributed by atoms with Crippen LogP contribution >= 0.6 is 0 Å². The zero-order chi connectivity index (χ0) is 9.26. The van der Waals surface area contributed by atoms with Gasteiger partial charge in [0.1, 0.15) is 5.82 Å². The van der Waals surface area contributed by atoms with Crippen LogP contribution in [0.2, 0.25) is 0 Å². The summed E-state index contributed by atoms with van der Waals surface area (Å²) < 4.78 is 0. The normalized spacial score (nSPS) is 22.1. The molecule has 0 saturated carbocycles. The van der Waals surface area contributed by atoms with Crippen molar-refractivity contribution in [2.75, 3.05) is 12.3 Å². The standard InChI is InChI=1S/C10H15N3/c1-7-5-8(6-13-10(7)11)9-3-2-4-12-9/h5-6,9,12H,2-4H2,1H3,(H2,11,13). The summed E-state index contributed by atoms with van der Waals surface area (Å²) in [5.41, 5.74) is 8.00. The molecule has 2 rings (SSSR count). The fourth-order valence-electron chi connectivity index (χ4n) is 1.77. The second kappa shape index (κ2) is 3.34. The Morgan fingerprint density at radius 3 is 3.08 bits per heavy atom. The number of rotatable bonds is 1. The van der Waals surface area contributed by atoms with Gasteiger partial charge in [0.15, 0.2) is 0 Å². The summed E-state index contributed by atoms with van der Waals surface area (Å²) in [7, 11) is 0. The number of aryl methyl sites for hydroxylation is 1. The van der Waals surface area contributed by atoms with Crippen LogP contribution in [0.1, 0.15) is 30.0 Å². The summed E-state index contributed by atoms with van der Waals surface area (Å²) in [6.45, 7) is 3.12. The monoisotopic (exact) mass is 177 g/mol. The van der Waals surface area contributed by atoms with Crippen molar-refractivity contribution >= 4 is 5.82 Å². The summed E-state index contributed by atoms with van der Waals surface area (Å²) in [5, 5.41) is 3.44. The zero-order valence-corrected chi connectivity index (χ0v) is 7.88. The van der Waals surface area contributed by atoms with E-state index in [2.05, 4.69) is 16.4 Å². The third kappa shape index (κ3) is 1.65. The minimum Gasteiger partial charge on any atom is -0.383 e. The lowest BCUT2D eigenvalue weighted by Crippen LogP contribution is -2.13. The number of nitrogens with two attached hydrogens (primary N) is 1. The lowest BCUT2D eigenvalue weighted by Gasteiger charge is -2.11. The summed E-state index contributed by atoms with van der Waals surface area (Å²) in [4.78, 5) is 4.16. The number of pyridine rings is 1. The Kier molecular flexibility index (Phi) is 2.19. The molecule has 1 aromatic heterocycles. The van der Waals surface area contributed by atoms with Crippen LogP contribution in [0.25, 0.3) is 0 Å². The number of nitrogens with zero attached hydrogens (tertiary/aromatic N) is 1. The van der Waals surface area contributed by atoms with Gasteiger partial charge in [0, 0.05) is 12.2 Å². The van der Waals surface area contributed by atoms with E-state index in [9.17, 15) is 0 Å². The first-order valence-corrected chi connectivity index (χ1v) is 4.73. The fraction of sp³-hybridized carbons (Fsp3) is 0.500. The number of hydrogen-bond acceptors (Lipinski definition) is 3. The highest BCUT2D eigenvalue weighted by Gasteiger charge is 2.16. The van der Waals surface area contributed by atoms with Crippen LogP contribution < -0.4 is 11.1 Å². The Morgan fingerprint density at radius 1 is 1.62 bits per heavy atom. The van der Waals surface area contributed by atoms with E-state index in [1.807, 2.05) is 13.1 Å². The number of anilines is 1. The van der Waals surface area contributed by atoms with Gasteiger partial charge in [-0.05, 0) is 43.5 Å². The van der Waals surface area contributed by atoms with E-state index >= 15 is 0 Å². The molecular weight excluding hydrogens is 162 g/mol. The average molecular weight is 177 g/mol. The molecule has 0 spiro atoms. The molecular formula is C10H15N3. The maximum Gasteiger partial charge on any atom is 0.126 e. The van der Waals surface area contributed by atoms with Gasteiger partial charge < -0.3 is 11.1 Å². The smallest absolute Gasteiger partial charge is 0.126 e. The van der Waals surface area contributed by atoms with Gasteiger partial charge in [0.2, 0.25) is 0 Å². The van der Waals surface area contributed by atoms with Gasteiger partial charge in [0.05, 0.1) is 0 Å². The van der Waals surface area contributed by atoms with Crippen LogP contribution in [0.5, 0.6) is 0 Å². The van der Waals surface area contributed by atoms with E-state index in [1.54, 1.807) is 0 Å². The second-order valence-corrected chi connectivity index (χ2v) is 3.62. The Morgan fingerprint density at radius 2 is 2.46 bits per heavy atom. The van der Waals surface area contributed by atoms with Crippen molar-refractivity contribution in [2.24, 2.45) is 0 Å². The van der Waals surface area contributed by atoms with Gasteiger partial charge in [-0.15, -0.1) is 0 Å². The maximum absolute atomic E-state index is 5.66. The molecule has 1 fully saturated rings. The van der Waals surface area contributed by atoms with Gasteiger partial charge in [-0.25, -0.2) is 4.98 Å². The average Bonchev–Trinajstić information content (AvgIpc) is 2.62. The highest BCUT2D eigenvalue weighted by molar-refractivity contribution is 5.40. The lowest BCUT2D eigenvalue weighted by molar-refractivity contribution is 0.644. The summed E-state index contributed by atoms with van der Waals surface area (Å²) >= 11 is 0. The quantitative estimate of drug-likeness (QED) is 0.681. The summed E-state index contributed by atoms with van der Waals surface area (Å²) in [6, 6.07) is 2.62. The van der Waals surface area contributed by atoms with E-state index < -0.39 is 0 Å². The largest absolute Gasteiger partial charge is 0.383 e. The van der Waals surface area contributed by atoms with E-state index in [0.717, 1.165) is 12.1 Å². The number of hydrogen-bond donors (Lipinski definition) is 2. The minimum absolute atomic E-state index is 0.492. The third-order valence-corrected chi connectivity index (χ3v) is 2.60.